The number of benzene rings is 2. The maximum atomic E-state index is 13.1. The van der Waals surface area contributed by atoms with Crippen molar-refractivity contribution in [3.05, 3.63) is 70.8 Å². The topological polar surface area (TPSA) is 20.2 Å². The second-order valence-electron chi connectivity index (χ2n) is 5.79. The first-order chi connectivity index (χ1) is 10.1. The third kappa shape index (κ3) is 3.30. The largest absolute Gasteiger partial charge is 0.388 e. The average Bonchev–Trinajstić information content (AvgIpc) is 2.36. The summed E-state index contributed by atoms with van der Waals surface area (Å²) in [6.45, 7) is 0. The van der Waals surface area contributed by atoms with E-state index in [-0.39, 0.29) is 6.42 Å². The summed E-state index contributed by atoms with van der Waals surface area (Å²) < 4.78 is 26.3. The molecule has 1 aliphatic rings. The lowest BCUT2D eigenvalue weighted by Crippen LogP contribution is -2.09. The fourth-order valence-electron chi connectivity index (χ4n) is 2.80. The van der Waals surface area contributed by atoms with E-state index < -0.39 is 17.7 Å². The maximum absolute atomic E-state index is 13.1. The molecule has 1 fully saturated rings. The van der Waals surface area contributed by atoms with Gasteiger partial charge in [-0.15, -0.1) is 0 Å². The van der Waals surface area contributed by atoms with Crippen LogP contribution in [0.3, 0.4) is 0 Å². The highest BCUT2D eigenvalue weighted by Gasteiger charge is 2.19. The summed E-state index contributed by atoms with van der Waals surface area (Å²) in [5.74, 6) is -0.566. The van der Waals surface area contributed by atoms with Crippen LogP contribution in [-0.2, 0) is 6.42 Å². The molecule has 1 saturated carbocycles. The lowest BCUT2D eigenvalue weighted by Gasteiger charge is -2.26. The number of aliphatic hydroxyl groups excluding tert-OH is 1. The molecule has 0 spiro atoms. The molecule has 1 unspecified atom stereocenters. The Hall–Kier alpha value is -1.74. The van der Waals surface area contributed by atoms with Crippen LogP contribution in [0.1, 0.15) is 48.0 Å². The molecule has 3 heteroatoms. The van der Waals surface area contributed by atoms with Crippen molar-refractivity contribution in [3.63, 3.8) is 0 Å². The van der Waals surface area contributed by atoms with Gasteiger partial charge in [0.05, 0.1) is 6.10 Å². The Kier molecular flexibility index (Phi) is 4.02. The average molecular weight is 288 g/mol. The fraction of sp³-hybridized carbons (Fsp3) is 0.333. The smallest absolute Gasteiger partial charge is 0.126 e. The molecular weight excluding hydrogens is 270 g/mol. The normalized spacial score (nSPS) is 16.5. The summed E-state index contributed by atoms with van der Waals surface area (Å²) in [5, 5.41) is 10.2. The molecule has 1 atom stereocenters. The predicted octanol–water partition coefficient (Wildman–Crippen LogP) is 4.51. The minimum absolute atomic E-state index is 0.206. The molecule has 0 bridgehead atoms. The number of rotatable bonds is 4. The molecule has 2 aromatic rings. The molecule has 1 N–H and O–H groups in total. The number of aliphatic hydroxyl groups is 1. The van der Waals surface area contributed by atoms with E-state index in [1.165, 1.54) is 37.0 Å². The highest BCUT2D eigenvalue weighted by molar-refractivity contribution is 5.29. The van der Waals surface area contributed by atoms with Crippen LogP contribution in [0, 0.1) is 11.6 Å². The molecule has 0 heterocycles. The standard InChI is InChI=1S/C18H18F2O/c19-16-8-12(9-17(20)11-16)10-18(21)15-6-4-14(5-7-15)13-2-1-3-13/h4-9,11,13,18,21H,1-3,10H2. The van der Waals surface area contributed by atoms with Gasteiger partial charge in [0, 0.05) is 12.5 Å². The molecule has 110 valence electrons. The molecule has 21 heavy (non-hydrogen) atoms. The fourth-order valence-corrected chi connectivity index (χ4v) is 2.80. The molecule has 1 aliphatic carbocycles. The van der Waals surface area contributed by atoms with Gasteiger partial charge in [-0.25, -0.2) is 8.78 Å². The Labute approximate surface area is 123 Å². The van der Waals surface area contributed by atoms with E-state index in [1.54, 1.807) is 0 Å². The van der Waals surface area contributed by atoms with Crippen LogP contribution in [0.4, 0.5) is 8.78 Å². The van der Waals surface area contributed by atoms with Gasteiger partial charge >= 0.3 is 0 Å². The highest BCUT2D eigenvalue weighted by Crippen LogP contribution is 2.36. The molecule has 0 amide bonds. The summed E-state index contributed by atoms with van der Waals surface area (Å²) >= 11 is 0. The first-order valence-electron chi connectivity index (χ1n) is 7.35. The molecule has 1 nitrogen and oxygen atoms in total. The van der Waals surface area contributed by atoms with Crippen LogP contribution in [0.2, 0.25) is 0 Å². The van der Waals surface area contributed by atoms with Crippen molar-refractivity contribution in [2.75, 3.05) is 0 Å². The zero-order valence-corrected chi connectivity index (χ0v) is 11.7. The third-order valence-corrected chi connectivity index (χ3v) is 4.25. The Bertz CT molecular complexity index is 597. The van der Waals surface area contributed by atoms with E-state index in [9.17, 15) is 13.9 Å². The molecule has 3 rings (SSSR count). The molecule has 0 aliphatic heterocycles. The van der Waals surface area contributed by atoms with Crippen LogP contribution in [0.5, 0.6) is 0 Å². The molecule has 0 saturated heterocycles. The molecule has 0 aromatic heterocycles. The molecule has 0 radical (unpaired) electrons. The van der Waals surface area contributed by atoms with Gasteiger partial charge < -0.3 is 5.11 Å². The first-order valence-corrected chi connectivity index (χ1v) is 7.35. The third-order valence-electron chi connectivity index (χ3n) is 4.25. The minimum Gasteiger partial charge on any atom is -0.388 e. The Balaban J connectivity index is 1.70. The minimum atomic E-state index is -0.748. The lowest BCUT2D eigenvalue weighted by molar-refractivity contribution is 0.178. The van der Waals surface area contributed by atoms with Crippen LogP contribution in [0.15, 0.2) is 42.5 Å². The van der Waals surface area contributed by atoms with Gasteiger partial charge in [0.2, 0.25) is 0 Å². The van der Waals surface area contributed by atoms with E-state index in [4.69, 9.17) is 0 Å². The van der Waals surface area contributed by atoms with E-state index in [1.807, 2.05) is 12.1 Å². The van der Waals surface area contributed by atoms with Gasteiger partial charge in [-0.1, -0.05) is 30.7 Å². The van der Waals surface area contributed by atoms with E-state index in [0.717, 1.165) is 11.6 Å². The van der Waals surface area contributed by atoms with Gasteiger partial charge in [0.25, 0.3) is 0 Å². The van der Waals surface area contributed by atoms with Gasteiger partial charge in [-0.3, -0.25) is 0 Å². The summed E-state index contributed by atoms with van der Waals surface area (Å²) in [7, 11) is 0. The van der Waals surface area contributed by atoms with Crippen LogP contribution < -0.4 is 0 Å². The Morgan fingerprint density at radius 1 is 1.00 bits per heavy atom. The number of halogens is 2. The van der Waals surface area contributed by atoms with Crippen molar-refractivity contribution < 1.29 is 13.9 Å². The first kappa shape index (κ1) is 14.2. The molecular formula is C18H18F2O. The van der Waals surface area contributed by atoms with Gasteiger partial charge in [-0.05, 0) is 47.6 Å². The van der Waals surface area contributed by atoms with Crippen molar-refractivity contribution >= 4 is 0 Å². The van der Waals surface area contributed by atoms with Gasteiger partial charge in [0.1, 0.15) is 11.6 Å². The Morgan fingerprint density at radius 2 is 1.62 bits per heavy atom. The number of hydrogen-bond donors (Lipinski definition) is 1. The van der Waals surface area contributed by atoms with Crippen molar-refractivity contribution in [2.24, 2.45) is 0 Å². The van der Waals surface area contributed by atoms with E-state index in [0.29, 0.717) is 11.5 Å². The summed E-state index contributed by atoms with van der Waals surface area (Å²) in [6.07, 6.45) is 3.23. The quantitative estimate of drug-likeness (QED) is 0.877. The van der Waals surface area contributed by atoms with Crippen molar-refractivity contribution in [1.29, 1.82) is 0 Å². The zero-order valence-electron chi connectivity index (χ0n) is 11.7. The maximum Gasteiger partial charge on any atom is 0.126 e. The second kappa shape index (κ2) is 5.94. The van der Waals surface area contributed by atoms with Crippen LogP contribution in [0.25, 0.3) is 0 Å². The summed E-state index contributed by atoms with van der Waals surface area (Å²) in [6, 6.07) is 11.3. The van der Waals surface area contributed by atoms with Crippen LogP contribution in [-0.4, -0.2) is 5.11 Å². The van der Waals surface area contributed by atoms with Gasteiger partial charge in [0.15, 0.2) is 0 Å². The predicted molar refractivity (Wildman–Crippen MR) is 78.1 cm³/mol. The van der Waals surface area contributed by atoms with Crippen molar-refractivity contribution in [2.45, 2.75) is 37.7 Å². The lowest BCUT2D eigenvalue weighted by atomic mass is 9.80. The molecule has 2 aromatic carbocycles. The summed E-state index contributed by atoms with van der Waals surface area (Å²) in [5.41, 5.74) is 2.56. The van der Waals surface area contributed by atoms with Gasteiger partial charge in [-0.2, -0.15) is 0 Å². The van der Waals surface area contributed by atoms with Crippen LogP contribution >= 0.6 is 0 Å². The summed E-state index contributed by atoms with van der Waals surface area (Å²) in [4.78, 5) is 0. The highest BCUT2D eigenvalue weighted by atomic mass is 19.1. The number of hydrogen-bond acceptors (Lipinski definition) is 1. The Morgan fingerprint density at radius 3 is 2.14 bits per heavy atom. The zero-order chi connectivity index (χ0) is 14.8. The van der Waals surface area contributed by atoms with E-state index >= 15 is 0 Å². The van der Waals surface area contributed by atoms with Crippen molar-refractivity contribution in [3.8, 4) is 0 Å². The monoisotopic (exact) mass is 288 g/mol. The SMILES string of the molecule is OC(Cc1cc(F)cc(F)c1)c1ccc(C2CCC2)cc1. The van der Waals surface area contributed by atoms with E-state index in [2.05, 4.69) is 12.1 Å². The van der Waals surface area contributed by atoms with Crippen molar-refractivity contribution in [1.82, 2.24) is 0 Å². The second-order valence-corrected chi connectivity index (χ2v) is 5.79.